The van der Waals surface area contributed by atoms with Crippen molar-refractivity contribution in [3.05, 3.63) is 0 Å². The molecule has 0 aromatic rings. The van der Waals surface area contributed by atoms with Gasteiger partial charge in [-0.15, -0.1) is 0 Å². The molecular formula is C56H111NO8. The van der Waals surface area contributed by atoms with E-state index in [1.54, 1.807) is 0 Å². The maximum absolute atomic E-state index is 13.1. The van der Waals surface area contributed by atoms with E-state index in [2.05, 4.69) is 19.2 Å². The predicted molar refractivity (Wildman–Crippen MR) is 272 cm³/mol. The Bertz CT molecular complexity index is 986. The molecule has 65 heavy (non-hydrogen) atoms. The third-order valence-corrected chi connectivity index (χ3v) is 14.2. The Morgan fingerprint density at radius 3 is 1.09 bits per heavy atom. The summed E-state index contributed by atoms with van der Waals surface area (Å²) in [6, 6.07) is -0.713. The average Bonchev–Trinajstić information content (AvgIpc) is 3.31. The van der Waals surface area contributed by atoms with Crippen molar-refractivity contribution in [1.29, 1.82) is 0 Å². The summed E-state index contributed by atoms with van der Waals surface area (Å²) in [7, 11) is 0. The first-order chi connectivity index (χ1) is 31.8. The number of aliphatic hydroxyl groups excluding tert-OH is 5. The molecule has 1 amide bonds. The fourth-order valence-corrected chi connectivity index (χ4v) is 9.64. The molecule has 1 aliphatic rings. The van der Waals surface area contributed by atoms with Crippen LogP contribution in [0.5, 0.6) is 0 Å². The molecule has 0 spiro atoms. The molecule has 0 bridgehead atoms. The molecule has 9 nitrogen and oxygen atoms in total. The van der Waals surface area contributed by atoms with Gasteiger partial charge in [-0.1, -0.05) is 277 Å². The van der Waals surface area contributed by atoms with Crippen LogP contribution >= 0.6 is 0 Å². The number of hydrogen-bond acceptors (Lipinski definition) is 8. The molecule has 0 radical (unpaired) electrons. The van der Waals surface area contributed by atoms with E-state index in [0.717, 1.165) is 38.5 Å². The third kappa shape index (κ3) is 36.8. The molecule has 0 aromatic heterocycles. The van der Waals surface area contributed by atoms with E-state index in [-0.39, 0.29) is 12.5 Å². The minimum absolute atomic E-state index is 0.131. The lowest BCUT2D eigenvalue weighted by molar-refractivity contribution is -0.302. The van der Waals surface area contributed by atoms with Crippen molar-refractivity contribution < 1.29 is 39.8 Å². The quantitative estimate of drug-likeness (QED) is 0.0330. The van der Waals surface area contributed by atoms with Gasteiger partial charge in [-0.2, -0.15) is 0 Å². The smallest absolute Gasteiger partial charge is 0.220 e. The van der Waals surface area contributed by atoms with Gasteiger partial charge in [0, 0.05) is 6.42 Å². The van der Waals surface area contributed by atoms with Crippen molar-refractivity contribution in [3.8, 4) is 0 Å². The SMILES string of the molecule is CCCCCCCCCCCCCCCCCCCCCCCC(=O)NC(COC1OC(CO)C(O)C(O)C1O)C(O)CCCCCCCCCCCCCCCCCCCCCCC. The van der Waals surface area contributed by atoms with Gasteiger partial charge < -0.3 is 40.3 Å². The summed E-state index contributed by atoms with van der Waals surface area (Å²) >= 11 is 0. The molecule has 0 saturated carbocycles. The summed E-state index contributed by atoms with van der Waals surface area (Å²) in [5.41, 5.74) is 0. The Hall–Kier alpha value is -0.810. The maximum atomic E-state index is 13.1. The summed E-state index contributed by atoms with van der Waals surface area (Å²) in [6.07, 6.45) is 48.4. The second-order valence-electron chi connectivity index (χ2n) is 20.5. The number of hydrogen-bond donors (Lipinski definition) is 6. The van der Waals surface area contributed by atoms with E-state index in [1.165, 1.54) is 231 Å². The van der Waals surface area contributed by atoms with E-state index in [0.29, 0.717) is 12.8 Å². The Morgan fingerprint density at radius 1 is 0.462 bits per heavy atom. The predicted octanol–water partition coefficient (Wildman–Crippen LogP) is 13.9. The van der Waals surface area contributed by atoms with Gasteiger partial charge in [0.05, 0.1) is 25.4 Å². The largest absolute Gasteiger partial charge is 0.394 e. The van der Waals surface area contributed by atoms with Crippen molar-refractivity contribution in [2.75, 3.05) is 13.2 Å². The van der Waals surface area contributed by atoms with Gasteiger partial charge in [-0.05, 0) is 12.8 Å². The lowest BCUT2D eigenvalue weighted by atomic mass is 9.99. The Kier molecular flexibility index (Phi) is 44.9. The summed E-state index contributed by atoms with van der Waals surface area (Å²) in [4.78, 5) is 13.1. The zero-order valence-electron chi connectivity index (χ0n) is 43.0. The van der Waals surface area contributed by atoms with Crippen molar-refractivity contribution in [3.63, 3.8) is 0 Å². The Labute approximate surface area is 402 Å². The monoisotopic (exact) mass is 926 g/mol. The van der Waals surface area contributed by atoms with Crippen LogP contribution in [0.1, 0.15) is 296 Å². The van der Waals surface area contributed by atoms with Gasteiger partial charge in [0.1, 0.15) is 24.4 Å². The number of carbonyl (C=O) groups is 1. The standard InChI is InChI=1S/C56H111NO8/c1-3-5-7-9-11-13-15-17-19-21-23-25-27-29-31-33-35-37-39-41-43-45-50(59)49(48-64-56-55(63)54(62)53(61)51(47-58)65-56)57-52(60)46-44-42-40-38-36-34-32-30-28-26-24-22-20-18-16-14-12-10-8-6-4-2/h49-51,53-56,58-59,61-63H,3-48H2,1-2H3,(H,57,60). The number of nitrogens with one attached hydrogen (secondary N) is 1. The summed E-state index contributed by atoms with van der Waals surface area (Å²) < 4.78 is 11.3. The van der Waals surface area contributed by atoms with E-state index >= 15 is 0 Å². The summed E-state index contributed by atoms with van der Waals surface area (Å²) in [6.45, 7) is 3.89. The number of carbonyl (C=O) groups excluding carboxylic acids is 1. The molecule has 388 valence electrons. The van der Waals surface area contributed by atoms with Gasteiger partial charge in [-0.25, -0.2) is 0 Å². The van der Waals surface area contributed by atoms with Crippen LogP contribution in [0, 0.1) is 0 Å². The van der Waals surface area contributed by atoms with Gasteiger partial charge in [0.15, 0.2) is 6.29 Å². The van der Waals surface area contributed by atoms with E-state index < -0.39 is 49.5 Å². The first-order valence-electron chi connectivity index (χ1n) is 28.7. The normalized spacial score (nSPS) is 19.8. The highest BCUT2D eigenvalue weighted by Gasteiger charge is 2.44. The maximum Gasteiger partial charge on any atom is 0.220 e. The van der Waals surface area contributed by atoms with Crippen LogP contribution in [0.4, 0.5) is 0 Å². The van der Waals surface area contributed by atoms with Crippen LogP contribution in [-0.2, 0) is 14.3 Å². The van der Waals surface area contributed by atoms with Crippen molar-refractivity contribution in [2.24, 2.45) is 0 Å². The van der Waals surface area contributed by atoms with Gasteiger partial charge in [0.25, 0.3) is 0 Å². The van der Waals surface area contributed by atoms with E-state index in [1.807, 2.05) is 0 Å². The van der Waals surface area contributed by atoms with Gasteiger partial charge in [0.2, 0.25) is 5.91 Å². The minimum atomic E-state index is -1.55. The molecule has 1 heterocycles. The van der Waals surface area contributed by atoms with Crippen LogP contribution in [-0.4, -0.2) is 87.5 Å². The number of aliphatic hydroxyl groups is 5. The molecule has 1 saturated heterocycles. The highest BCUT2D eigenvalue weighted by Crippen LogP contribution is 2.23. The summed E-state index contributed by atoms with van der Waals surface area (Å²) in [5, 5.41) is 54.7. The molecule has 1 aliphatic heterocycles. The summed E-state index contributed by atoms with van der Waals surface area (Å²) in [5.74, 6) is -0.136. The highest BCUT2D eigenvalue weighted by molar-refractivity contribution is 5.76. The molecule has 1 rings (SSSR count). The second kappa shape index (κ2) is 46.9. The van der Waals surface area contributed by atoms with Crippen molar-refractivity contribution in [1.82, 2.24) is 5.32 Å². The molecule has 7 unspecified atom stereocenters. The average molecular weight is 927 g/mol. The zero-order chi connectivity index (χ0) is 47.3. The van der Waals surface area contributed by atoms with Crippen LogP contribution in [0.15, 0.2) is 0 Å². The molecular weight excluding hydrogens is 815 g/mol. The first-order valence-corrected chi connectivity index (χ1v) is 28.7. The van der Waals surface area contributed by atoms with Crippen molar-refractivity contribution >= 4 is 5.91 Å². The molecule has 6 N–H and O–H groups in total. The van der Waals surface area contributed by atoms with E-state index in [9.17, 15) is 30.3 Å². The molecule has 7 atom stereocenters. The van der Waals surface area contributed by atoms with Gasteiger partial charge >= 0.3 is 0 Å². The van der Waals surface area contributed by atoms with Crippen LogP contribution < -0.4 is 5.32 Å². The molecule has 9 heteroatoms. The van der Waals surface area contributed by atoms with Gasteiger partial charge in [-0.3, -0.25) is 4.79 Å². The molecule has 1 fully saturated rings. The number of amides is 1. The van der Waals surface area contributed by atoms with Crippen LogP contribution in [0.25, 0.3) is 0 Å². The van der Waals surface area contributed by atoms with Crippen LogP contribution in [0.2, 0.25) is 0 Å². The Balaban J connectivity index is 2.20. The fourth-order valence-electron chi connectivity index (χ4n) is 9.64. The Morgan fingerprint density at radius 2 is 0.769 bits per heavy atom. The fraction of sp³-hybridized carbons (Fsp3) is 0.982. The van der Waals surface area contributed by atoms with Crippen LogP contribution in [0.3, 0.4) is 0 Å². The van der Waals surface area contributed by atoms with Crippen molar-refractivity contribution in [2.45, 2.75) is 339 Å². The molecule has 0 aliphatic carbocycles. The highest BCUT2D eigenvalue weighted by atomic mass is 16.7. The zero-order valence-corrected chi connectivity index (χ0v) is 43.0. The lowest BCUT2D eigenvalue weighted by Crippen LogP contribution is -2.60. The number of ether oxygens (including phenoxy) is 2. The topological polar surface area (TPSA) is 149 Å². The molecule has 0 aromatic carbocycles. The van der Waals surface area contributed by atoms with E-state index in [4.69, 9.17) is 9.47 Å². The minimum Gasteiger partial charge on any atom is -0.394 e. The lowest BCUT2D eigenvalue weighted by Gasteiger charge is -2.40. The second-order valence-corrected chi connectivity index (χ2v) is 20.5. The number of unbranched alkanes of at least 4 members (excludes halogenated alkanes) is 40. The third-order valence-electron chi connectivity index (χ3n) is 14.2. The number of rotatable bonds is 50. The first kappa shape index (κ1) is 62.2.